The van der Waals surface area contributed by atoms with E-state index in [1.165, 1.54) is 11.8 Å². The molecule has 0 fully saturated rings. The van der Waals surface area contributed by atoms with Crippen LogP contribution in [0, 0.1) is 0 Å². The molecule has 0 unspecified atom stereocenters. The standard InChI is InChI=1S/C5H6N2O2S.2K.2H/c1-10-5-6-3(8)2-4(9)7-5;;;;/h2H,1H3,(H2,6,7,8,9);;;;. The van der Waals surface area contributed by atoms with Crippen molar-refractivity contribution in [2.45, 2.75) is 5.16 Å². The van der Waals surface area contributed by atoms with Crippen LogP contribution in [0.4, 0.5) is 0 Å². The molecule has 2 N–H and O–H groups in total. The molecular formula is C5H8K2N2O2S. The van der Waals surface area contributed by atoms with E-state index in [1.54, 1.807) is 6.26 Å². The van der Waals surface area contributed by atoms with E-state index < -0.39 is 0 Å². The molecule has 0 bridgehead atoms. The molecule has 0 aromatic carbocycles. The van der Waals surface area contributed by atoms with Gasteiger partial charge in [0.15, 0.2) is 5.16 Å². The van der Waals surface area contributed by atoms with Gasteiger partial charge >= 0.3 is 103 Å². The second-order valence-electron chi connectivity index (χ2n) is 1.57. The van der Waals surface area contributed by atoms with E-state index in [1.807, 2.05) is 0 Å². The Morgan fingerprint density at radius 3 is 1.92 bits per heavy atom. The molecule has 0 aliphatic rings. The van der Waals surface area contributed by atoms with Crippen molar-refractivity contribution in [3.8, 4) is 11.8 Å². The molecule has 0 saturated carbocycles. The number of nitrogens with zero attached hydrogens (tertiary/aromatic N) is 2. The van der Waals surface area contributed by atoms with Gasteiger partial charge in [0, 0.05) is 0 Å². The van der Waals surface area contributed by atoms with Crippen LogP contribution >= 0.6 is 11.8 Å². The molecule has 0 radical (unpaired) electrons. The number of hydrogen-bond acceptors (Lipinski definition) is 5. The first-order valence-electron chi connectivity index (χ1n) is 2.53. The van der Waals surface area contributed by atoms with E-state index in [2.05, 4.69) is 9.97 Å². The van der Waals surface area contributed by atoms with Crippen molar-refractivity contribution in [2.24, 2.45) is 0 Å². The second-order valence-corrected chi connectivity index (χ2v) is 2.34. The Morgan fingerprint density at radius 2 is 1.58 bits per heavy atom. The van der Waals surface area contributed by atoms with Gasteiger partial charge in [0.2, 0.25) is 11.8 Å². The van der Waals surface area contributed by atoms with Crippen molar-refractivity contribution in [1.82, 2.24) is 9.97 Å². The maximum absolute atomic E-state index is 8.80. The van der Waals surface area contributed by atoms with Gasteiger partial charge in [-0.3, -0.25) is 0 Å². The van der Waals surface area contributed by atoms with Crippen molar-refractivity contribution in [3.05, 3.63) is 6.07 Å². The van der Waals surface area contributed by atoms with Crippen molar-refractivity contribution in [2.75, 3.05) is 6.26 Å². The Balaban J connectivity index is 0. The molecule has 4 nitrogen and oxygen atoms in total. The Hall–Kier alpha value is 2.30. The van der Waals surface area contributed by atoms with Crippen molar-refractivity contribution >= 4 is 115 Å². The molecule has 12 heavy (non-hydrogen) atoms. The van der Waals surface area contributed by atoms with Gasteiger partial charge in [0.05, 0.1) is 6.07 Å². The summed E-state index contributed by atoms with van der Waals surface area (Å²) in [7, 11) is 0. The van der Waals surface area contributed by atoms with Crippen LogP contribution in [0.25, 0.3) is 0 Å². The first-order valence-corrected chi connectivity index (χ1v) is 3.76. The third-order valence-corrected chi connectivity index (χ3v) is 1.41. The van der Waals surface area contributed by atoms with Crippen LogP contribution in [0.2, 0.25) is 0 Å². The molecule has 1 aromatic rings. The molecule has 0 atom stereocenters. The predicted octanol–water partition coefficient (Wildman–Crippen LogP) is -0.687. The summed E-state index contributed by atoms with van der Waals surface area (Å²) in [5, 5.41) is 18.0. The van der Waals surface area contributed by atoms with Gasteiger partial charge in [-0.05, 0) is 6.26 Å². The Bertz CT molecular complexity index is 229. The van der Waals surface area contributed by atoms with E-state index in [9.17, 15) is 0 Å². The van der Waals surface area contributed by atoms with Crippen LogP contribution < -0.4 is 0 Å². The molecule has 0 spiro atoms. The van der Waals surface area contributed by atoms with Gasteiger partial charge in [-0.25, -0.2) is 0 Å². The molecular weight excluding hydrogens is 230 g/mol. The summed E-state index contributed by atoms with van der Waals surface area (Å²) in [6.07, 6.45) is 1.76. The van der Waals surface area contributed by atoms with E-state index in [0.29, 0.717) is 5.16 Å². The molecule has 7 heteroatoms. The zero-order chi connectivity index (χ0) is 7.56. The van der Waals surface area contributed by atoms with E-state index in [0.717, 1.165) is 6.07 Å². The molecule has 1 rings (SSSR count). The molecule has 1 aromatic heterocycles. The van der Waals surface area contributed by atoms with Gasteiger partial charge in [0.25, 0.3) is 0 Å². The average molecular weight is 238 g/mol. The first kappa shape index (κ1) is 16.7. The van der Waals surface area contributed by atoms with Crippen molar-refractivity contribution in [3.63, 3.8) is 0 Å². The summed E-state index contributed by atoms with van der Waals surface area (Å²) in [6, 6.07) is 1.08. The van der Waals surface area contributed by atoms with Gasteiger partial charge in [0.1, 0.15) is 0 Å². The molecule has 0 aliphatic carbocycles. The third kappa shape index (κ3) is 5.91. The maximum atomic E-state index is 8.80. The predicted molar refractivity (Wildman–Crippen MR) is 51.4 cm³/mol. The monoisotopic (exact) mass is 238 g/mol. The average Bonchev–Trinajstić information content (AvgIpc) is 1.85. The van der Waals surface area contributed by atoms with Gasteiger partial charge < -0.3 is 10.2 Å². The number of aromatic nitrogens is 2. The molecule has 58 valence electrons. The minimum absolute atomic E-state index is 0. The number of thioether (sulfide) groups is 1. The Labute approximate surface area is 160 Å². The van der Waals surface area contributed by atoms with E-state index in [-0.39, 0.29) is 115 Å². The van der Waals surface area contributed by atoms with Gasteiger partial charge in [-0.15, -0.1) is 0 Å². The number of hydrogen-bond donors (Lipinski definition) is 2. The molecule has 1 heterocycles. The second kappa shape index (κ2) is 8.60. The van der Waals surface area contributed by atoms with Crippen LogP contribution in [-0.4, -0.2) is 129 Å². The van der Waals surface area contributed by atoms with Crippen LogP contribution in [0.15, 0.2) is 11.2 Å². The fourth-order valence-corrected chi connectivity index (χ4v) is 0.862. The summed E-state index contributed by atoms with van der Waals surface area (Å²) >= 11 is 1.25. The number of rotatable bonds is 1. The van der Waals surface area contributed by atoms with Crippen LogP contribution in [0.3, 0.4) is 0 Å². The number of aromatic hydroxyl groups is 2. The Kier molecular flexibility index (Phi) is 12.0. The summed E-state index contributed by atoms with van der Waals surface area (Å²) < 4.78 is 0. The van der Waals surface area contributed by atoms with Crippen molar-refractivity contribution in [1.29, 1.82) is 0 Å². The summed E-state index contributed by atoms with van der Waals surface area (Å²) in [6.45, 7) is 0. The fourth-order valence-electron chi connectivity index (χ4n) is 0.492. The zero-order valence-electron chi connectivity index (χ0n) is 5.27. The van der Waals surface area contributed by atoms with Gasteiger partial charge in [-0.1, -0.05) is 11.8 Å². The van der Waals surface area contributed by atoms with Gasteiger partial charge in [-0.2, -0.15) is 9.97 Å². The van der Waals surface area contributed by atoms with Crippen molar-refractivity contribution < 1.29 is 10.2 Å². The summed E-state index contributed by atoms with van der Waals surface area (Å²) in [5.41, 5.74) is 0. The molecule has 0 aliphatic heterocycles. The normalized spacial score (nSPS) is 8.08. The van der Waals surface area contributed by atoms with Crippen LogP contribution in [0.1, 0.15) is 0 Å². The fraction of sp³-hybridized carbons (Fsp3) is 0.200. The third-order valence-electron chi connectivity index (χ3n) is 0.861. The SMILES string of the molecule is CSc1nc(O)cc(O)n1.[KH].[KH]. The van der Waals surface area contributed by atoms with Crippen LogP contribution in [0.5, 0.6) is 11.8 Å². The van der Waals surface area contributed by atoms with E-state index >= 15 is 0 Å². The topological polar surface area (TPSA) is 66.2 Å². The Morgan fingerprint density at radius 1 is 1.17 bits per heavy atom. The molecule has 0 amide bonds. The van der Waals surface area contributed by atoms with E-state index in [4.69, 9.17) is 10.2 Å². The zero-order valence-corrected chi connectivity index (χ0v) is 6.09. The molecule has 0 saturated heterocycles. The summed E-state index contributed by atoms with van der Waals surface area (Å²) in [4.78, 5) is 7.20. The summed E-state index contributed by atoms with van der Waals surface area (Å²) in [5.74, 6) is -0.422. The quantitative estimate of drug-likeness (QED) is 0.385. The van der Waals surface area contributed by atoms with Crippen LogP contribution in [-0.2, 0) is 0 Å². The minimum atomic E-state index is -0.211. The first-order chi connectivity index (χ1) is 4.72.